The van der Waals surface area contributed by atoms with Crippen LogP contribution in [-0.4, -0.2) is 15.6 Å². The van der Waals surface area contributed by atoms with E-state index in [4.69, 9.17) is 5.26 Å². The minimum Gasteiger partial charge on any atom is -0.508 e. The van der Waals surface area contributed by atoms with Crippen LogP contribution in [0.25, 0.3) is 6.08 Å². The molecule has 21 heavy (non-hydrogen) atoms. The van der Waals surface area contributed by atoms with Gasteiger partial charge in [0.15, 0.2) is 0 Å². The Bertz CT molecular complexity index is 706. The van der Waals surface area contributed by atoms with Gasteiger partial charge in [-0.3, -0.25) is 4.79 Å². The number of carbonyl (C=O) groups is 1. The average molecular weight is 281 g/mol. The maximum atomic E-state index is 12.1. The molecule has 0 saturated carbocycles. The number of phenols is 1. The second-order valence-corrected chi connectivity index (χ2v) is 4.39. The molecule has 5 nitrogen and oxygen atoms in total. The summed E-state index contributed by atoms with van der Waals surface area (Å²) in [6.45, 7) is 2.75. The van der Waals surface area contributed by atoms with Gasteiger partial charge in [0.1, 0.15) is 17.4 Å². The topological polar surface area (TPSA) is 78.0 Å². The lowest BCUT2D eigenvalue weighted by molar-refractivity contribution is -0.112. The summed E-state index contributed by atoms with van der Waals surface area (Å²) in [5, 5.41) is 21.0. The third-order valence-corrected chi connectivity index (χ3v) is 2.99. The molecule has 1 amide bonds. The summed E-state index contributed by atoms with van der Waals surface area (Å²) < 4.78 is 1.94. The zero-order valence-corrected chi connectivity index (χ0v) is 11.6. The summed E-state index contributed by atoms with van der Waals surface area (Å²) in [4.78, 5) is 12.1. The SMILES string of the molecule is CCn1cccc1/C=C(/C#N)C(=O)Nc1ccc(O)cc1. The summed E-state index contributed by atoms with van der Waals surface area (Å²) in [5.74, 6) is -0.364. The van der Waals surface area contributed by atoms with Crippen LogP contribution in [0.15, 0.2) is 48.2 Å². The van der Waals surface area contributed by atoms with E-state index in [1.54, 1.807) is 18.2 Å². The van der Waals surface area contributed by atoms with Crippen molar-refractivity contribution in [2.45, 2.75) is 13.5 Å². The van der Waals surface area contributed by atoms with Gasteiger partial charge in [0.2, 0.25) is 0 Å². The number of aromatic hydroxyl groups is 1. The highest BCUT2D eigenvalue weighted by molar-refractivity contribution is 6.09. The van der Waals surface area contributed by atoms with Crippen molar-refractivity contribution in [2.24, 2.45) is 0 Å². The molecule has 1 aromatic heterocycles. The van der Waals surface area contributed by atoms with Crippen LogP contribution < -0.4 is 5.32 Å². The first-order chi connectivity index (χ1) is 10.1. The number of nitriles is 1. The maximum Gasteiger partial charge on any atom is 0.266 e. The lowest BCUT2D eigenvalue weighted by Crippen LogP contribution is -2.13. The van der Waals surface area contributed by atoms with E-state index in [2.05, 4.69) is 5.32 Å². The summed E-state index contributed by atoms with van der Waals surface area (Å²) in [6.07, 6.45) is 3.44. The van der Waals surface area contributed by atoms with Crippen LogP contribution in [0.2, 0.25) is 0 Å². The molecule has 2 N–H and O–H groups in total. The molecule has 0 spiro atoms. The van der Waals surface area contributed by atoms with Crippen LogP contribution in [0.3, 0.4) is 0 Å². The minimum atomic E-state index is -0.480. The molecule has 0 saturated heterocycles. The number of anilines is 1. The maximum absolute atomic E-state index is 12.1. The largest absolute Gasteiger partial charge is 0.508 e. The highest BCUT2D eigenvalue weighted by Crippen LogP contribution is 2.15. The van der Waals surface area contributed by atoms with Crippen LogP contribution in [0.5, 0.6) is 5.75 Å². The van der Waals surface area contributed by atoms with E-state index < -0.39 is 5.91 Å². The van der Waals surface area contributed by atoms with Gasteiger partial charge in [-0.15, -0.1) is 0 Å². The van der Waals surface area contributed by atoms with E-state index >= 15 is 0 Å². The van der Waals surface area contributed by atoms with Crippen molar-refractivity contribution >= 4 is 17.7 Å². The highest BCUT2D eigenvalue weighted by Gasteiger charge is 2.10. The lowest BCUT2D eigenvalue weighted by Gasteiger charge is -2.05. The first-order valence-electron chi connectivity index (χ1n) is 6.51. The number of aromatic nitrogens is 1. The smallest absolute Gasteiger partial charge is 0.266 e. The predicted octanol–water partition coefficient (Wildman–Crippen LogP) is 2.76. The third kappa shape index (κ3) is 3.51. The van der Waals surface area contributed by atoms with Crippen LogP contribution >= 0.6 is 0 Å². The number of aryl methyl sites for hydroxylation is 1. The predicted molar refractivity (Wildman–Crippen MR) is 80.4 cm³/mol. The number of rotatable bonds is 4. The van der Waals surface area contributed by atoms with Gasteiger partial charge in [0.25, 0.3) is 5.91 Å². The van der Waals surface area contributed by atoms with Gasteiger partial charge in [-0.2, -0.15) is 5.26 Å². The number of amides is 1. The molecule has 0 atom stereocenters. The number of benzene rings is 1. The van der Waals surface area contributed by atoms with E-state index in [9.17, 15) is 9.90 Å². The normalized spacial score (nSPS) is 11.0. The summed E-state index contributed by atoms with van der Waals surface area (Å²) in [6, 6.07) is 11.7. The molecule has 0 radical (unpaired) electrons. The van der Waals surface area contributed by atoms with E-state index in [1.807, 2.05) is 35.9 Å². The highest BCUT2D eigenvalue weighted by atomic mass is 16.3. The second-order valence-electron chi connectivity index (χ2n) is 4.39. The quantitative estimate of drug-likeness (QED) is 0.514. The Morgan fingerprint density at radius 1 is 1.38 bits per heavy atom. The lowest BCUT2D eigenvalue weighted by atomic mass is 10.2. The Morgan fingerprint density at radius 2 is 2.10 bits per heavy atom. The van der Waals surface area contributed by atoms with Gasteiger partial charge in [0, 0.05) is 24.1 Å². The molecule has 1 aromatic carbocycles. The fourth-order valence-corrected chi connectivity index (χ4v) is 1.89. The standard InChI is InChI=1S/C16H15N3O2/c1-2-19-9-3-4-14(19)10-12(11-17)16(21)18-13-5-7-15(20)8-6-13/h3-10,20H,2H2,1H3,(H,18,21)/b12-10-. The molecule has 0 unspecified atom stereocenters. The molecule has 106 valence electrons. The Morgan fingerprint density at radius 3 is 2.71 bits per heavy atom. The van der Waals surface area contributed by atoms with Crippen LogP contribution in [0, 0.1) is 11.3 Å². The molecule has 2 rings (SSSR count). The van der Waals surface area contributed by atoms with E-state index in [-0.39, 0.29) is 11.3 Å². The van der Waals surface area contributed by atoms with Crippen molar-refractivity contribution in [3.05, 3.63) is 53.9 Å². The number of phenolic OH excluding ortho intramolecular Hbond substituents is 1. The minimum absolute atomic E-state index is 0.0245. The van der Waals surface area contributed by atoms with Crippen molar-refractivity contribution in [3.8, 4) is 11.8 Å². The van der Waals surface area contributed by atoms with Crippen molar-refractivity contribution in [1.82, 2.24) is 4.57 Å². The molecule has 0 aliphatic heterocycles. The second kappa shape index (κ2) is 6.44. The zero-order valence-electron chi connectivity index (χ0n) is 11.6. The molecular weight excluding hydrogens is 266 g/mol. The Kier molecular flexibility index (Phi) is 4.42. The monoisotopic (exact) mass is 281 g/mol. The van der Waals surface area contributed by atoms with Crippen LogP contribution in [0.1, 0.15) is 12.6 Å². The van der Waals surface area contributed by atoms with E-state index in [1.165, 1.54) is 12.1 Å². The summed E-state index contributed by atoms with van der Waals surface area (Å²) in [5.41, 5.74) is 1.34. The van der Waals surface area contributed by atoms with Crippen molar-refractivity contribution in [3.63, 3.8) is 0 Å². The Hall–Kier alpha value is -3.00. The molecular formula is C16H15N3O2. The van der Waals surface area contributed by atoms with Crippen molar-refractivity contribution in [2.75, 3.05) is 5.32 Å². The van der Waals surface area contributed by atoms with Crippen molar-refractivity contribution < 1.29 is 9.90 Å². The summed E-state index contributed by atoms with van der Waals surface area (Å²) in [7, 11) is 0. The molecule has 1 heterocycles. The first kappa shape index (κ1) is 14.4. The number of carbonyl (C=O) groups excluding carboxylic acids is 1. The fraction of sp³-hybridized carbons (Fsp3) is 0.125. The molecule has 2 aromatic rings. The van der Waals surface area contributed by atoms with Crippen LogP contribution in [-0.2, 0) is 11.3 Å². The molecule has 5 heteroatoms. The number of hydrogen-bond acceptors (Lipinski definition) is 3. The molecule has 0 bridgehead atoms. The molecule has 0 aliphatic carbocycles. The third-order valence-electron chi connectivity index (χ3n) is 2.99. The Balaban J connectivity index is 2.19. The van der Waals surface area contributed by atoms with Gasteiger partial charge in [-0.1, -0.05) is 0 Å². The van der Waals surface area contributed by atoms with E-state index in [0.717, 1.165) is 12.2 Å². The molecule has 0 aliphatic rings. The number of nitrogens with zero attached hydrogens (tertiary/aromatic N) is 2. The van der Waals surface area contributed by atoms with Gasteiger partial charge in [-0.05, 0) is 49.4 Å². The fourth-order valence-electron chi connectivity index (χ4n) is 1.89. The van der Waals surface area contributed by atoms with Crippen LogP contribution in [0.4, 0.5) is 5.69 Å². The van der Waals surface area contributed by atoms with Gasteiger partial charge in [0.05, 0.1) is 0 Å². The van der Waals surface area contributed by atoms with E-state index in [0.29, 0.717) is 5.69 Å². The van der Waals surface area contributed by atoms with Gasteiger partial charge < -0.3 is 15.0 Å². The van der Waals surface area contributed by atoms with Gasteiger partial charge in [-0.25, -0.2) is 0 Å². The molecule has 0 fully saturated rings. The number of hydrogen-bond donors (Lipinski definition) is 2. The zero-order chi connectivity index (χ0) is 15.2. The number of nitrogens with one attached hydrogen (secondary N) is 1. The van der Waals surface area contributed by atoms with Crippen molar-refractivity contribution in [1.29, 1.82) is 5.26 Å². The first-order valence-corrected chi connectivity index (χ1v) is 6.51. The van der Waals surface area contributed by atoms with Gasteiger partial charge >= 0.3 is 0 Å². The Labute approximate surface area is 122 Å². The average Bonchev–Trinajstić information content (AvgIpc) is 2.94. The summed E-state index contributed by atoms with van der Waals surface area (Å²) >= 11 is 0.